The molecule has 0 spiro atoms. The second-order valence-corrected chi connectivity index (χ2v) is 5.90. The highest BCUT2D eigenvalue weighted by Crippen LogP contribution is 2.36. The van der Waals surface area contributed by atoms with E-state index in [0.717, 1.165) is 18.5 Å². The van der Waals surface area contributed by atoms with Crippen LogP contribution < -0.4 is 5.32 Å². The summed E-state index contributed by atoms with van der Waals surface area (Å²) in [5.74, 6) is 0.938. The minimum atomic E-state index is 0.679. The summed E-state index contributed by atoms with van der Waals surface area (Å²) in [6.45, 7) is 7.81. The summed E-state index contributed by atoms with van der Waals surface area (Å²) >= 11 is 5.81. The van der Waals surface area contributed by atoms with Crippen LogP contribution in [0.1, 0.15) is 39.5 Å². The summed E-state index contributed by atoms with van der Waals surface area (Å²) in [5.41, 5.74) is 3.02. The van der Waals surface area contributed by atoms with E-state index in [9.17, 15) is 0 Å². The lowest BCUT2D eigenvalue weighted by molar-refractivity contribution is 0.122. The van der Waals surface area contributed by atoms with E-state index in [1.54, 1.807) is 5.54 Å². The molecule has 1 aliphatic heterocycles. The maximum atomic E-state index is 5.81. The summed E-state index contributed by atoms with van der Waals surface area (Å²) in [6, 6.07) is 1.42. The second-order valence-electron chi connectivity index (χ2n) is 5.68. The third-order valence-electron chi connectivity index (χ3n) is 3.98. The van der Waals surface area contributed by atoms with Gasteiger partial charge in [-0.3, -0.25) is 4.90 Å². The topological polar surface area (TPSA) is 15.3 Å². The van der Waals surface area contributed by atoms with Crippen molar-refractivity contribution in [3.05, 3.63) is 11.1 Å². The van der Waals surface area contributed by atoms with Crippen LogP contribution in [0.4, 0.5) is 0 Å². The van der Waals surface area contributed by atoms with Crippen molar-refractivity contribution in [3.63, 3.8) is 0 Å². The zero-order valence-electron chi connectivity index (χ0n) is 11.1. The van der Waals surface area contributed by atoms with Crippen LogP contribution in [0.5, 0.6) is 0 Å². The zero-order valence-corrected chi connectivity index (χ0v) is 11.8. The van der Waals surface area contributed by atoms with Gasteiger partial charge in [0, 0.05) is 37.3 Å². The second kappa shape index (κ2) is 6.21. The van der Waals surface area contributed by atoms with Crippen LogP contribution in [-0.4, -0.2) is 36.6 Å². The predicted molar refractivity (Wildman–Crippen MR) is 74.4 cm³/mol. The van der Waals surface area contributed by atoms with E-state index in [0.29, 0.717) is 6.04 Å². The molecule has 2 fully saturated rings. The molecule has 2 rings (SSSR count). The number of halogens is 1. The first-order valence-electron chi connectivity index (χ1n) is 6.98. The number of nitrogens with one attached hydrogen (secondary N) is 1. The molecular weight excluding hydrogens is 232 g/mol. The van der Waals surface area contributed by atoms with Gasteiger partial charge < -0.3 is 5.32 Å². The minimum absolute atomic E-state index is 0.679. The standard InChI is InChI=1S/C14H25ClN2/c1-3-4-13-10-17(9-11(2)7-15)14(8-16-13)12-5-6-12/h7,12-14,16H,3-6,8-10H2,1-2H3. The highest BCUT2D eigenvalue weighted by molar-refractivity contribution is 6.25. The van der Waals surface area contributed by atoms with Gasteiger partial charge in [0.15, 0.2) is 0 Å². The largest absolute Gasteiger partial charge is 0.311 e. The molecule has 0 aromatic rings. The van der Waals surface area contributed by atoms with Crippen molar-refractivity contribution < 1.29 is 0 Å². The van der Waals surface area contributed by atoms with E-state index in [1.165, 1.54) is 44.3 Å². The maximum Gasteiger partial charge on any atom is 0.0253 e. The molecule has 0 amide bonds. The van der Waals surface area contributed by atoms with Crippen LogP contribution in [0.3, 0.4) is 0 Å². The van der Waals surface area contributed by atoms with Crippen molar-refractivity contribution in [2.75, 3.05) is 19.6 Å². The summed E-state index contributed by atoms with van der Waals surface area (Å²) in [4.78, 5) is 2.66. The summed E-state index contributed by atoms with van der Waals surface area (Å²) in [5, 5.41) is 3.72. The fraction of sp³-hybridized carbons (Fsp3) is 0.857. The smallest absolute Gasteiger partial charge is 0.0253 e. The predicted octanol–water partition coefficient (Wildman–Crippen LogP) is 2.98. The number of hydrogen-bond donors (Lipinski definition) is 1. The van der Waals surface area contributed by atoms with Crippen molar-refractivity contribution in [3.8, 4) is 0 Å². The van der Waals surface area contributed by atoms with Crippen LogP contribution in [-0.2, 0) is 0 Å². The average Bonchev–Trinajstić information content (AvgIpc) is 3.14. The molecule has 0 radical (unpaired) electrons. The quantitative estimate of drug-likeness (QED) is 0.814. The van der Waals surface area contributed by atoms with Crippen LogP contribution >= 0.6 is 11.6 Å². The molecule has 0 bridgehead atoms. The third kappa shape index (κ3) is 3.70. The van der Waals surface area contributed by atoms with E-state index in [4.69, 9.17) is 11.6 Å². The molecular formula is C14H25ClN2. The molecule has 98 valence electrons. The van der Waals surface area contributed by atoms with Gasteiger partial charge in [-0.25, -0.2) is 0 Å². The Kier molecular flexibility index (Phi) is 4.89. The molecule has 1 aliphatic carbocycles. The average molecular weight is 257 g/mol. The van der Waals surface area contributed by atoms with Gasteiger partial charge in [0.2, 0.25) is 0 Å². The Morgan fingerprint density at radius 3 is 2.82 bits per heavy atom. The Bertz CT molecular complexity index is 273. The Morgan fingerprint density at radius 2 is 2.24 bits per heavy atom. The highest BCUT2D eigenvalue weighted by Gasteiger charge is 2.38. The van der Waals surface area contributed by atoms with E-state index >= 15 is 0 Å². The number of piperazine rings is 1. The van der Waals surface area contributed by atoms with Gasteiger partial charge in [0.1, 0.15) is 0 Å². The molecule has 3 heteroatoms. The molecule has 2 nitrogen and oxygen atoms in total. The highest BCUT2D eigenvalue weighted by atomic mass is 35.5. The van der Waals surface area contributed by atoms with E-state index < -0.39 is 0 Å². The summed E-state index contributed by atoms with van der Waals surface area (Å²) < 4.78 is 0. The van der Waals surface area contributed by atoms with Gasteiger partial charge in [-0.05, 0) is 37.7 Å². The third-order valence-corrected chi connectivity index (χ3v) is 4.35. The van der Waals surface area contributed by atoms with Gasteiger partial charge in [-0.2, -0.15) is 0 Å². The van der Waals surface area contributed by atoms with Crippen LogP contribution in [0.25, 0.3) is 0 Å². The van der Waals surface area contributed by atoms with Gasteiger partial charge in [-0.1, -0.05) is 24.9 Å². The van der Waals surface area contributed by atoms with Crippen molar-refractivity contribution >= 4 is 11.6 Å². The molecule has 1 saturated carbocycles. The Hall–Kier alpha value is -0.0500. The molecule has 1 saturated heterocycles. The Labute approximate surface area is 110 Å². The molecule has 2 atom stereocenters. The number of nitrogens with zero attached hydrogens (tertiary/aromatic N) is 1. The SMILES string of the molecule is CCCC1CN(CC(C)=CCl)C(C2CC2)CN1. The lowest BCUT2D eigenvalue weighted by Gasteiger charge is -2.41. The summed E-state index contributed by atoms with van der Waals surface area (Å²) in [7, 11) is 0. The van der Waals surface area contributed by atoms with Gasteiger partial charge >= 0.3 is 0 Å². The van der Waals surface area contributed by atoms with Crippen LogP contribution in [0.15, 0.2) is 11.1 Å². The Morgan fingerprint density at radius 1 is 1.47 bits per heavy atom. The molecule has 17 heavy (non-hydrogen) atoms. The molecule has 0 aromatic carbocycles. The van der Waals surface area contributed by atoms with Crippen molar-refractivity contribution in [1.29, 1.82) is 0 Å². The lowest BCUT2D eigenvalue weighted by Crippen LogP contribution is -2.57. The van der Waals surface area contributed by atoms with Gasteiger partial charge in [0.05, 0.1) is 0 Å². The van der Waals surface area contributed by atoms with Crippen LogP contribution in [0.2, 0.25) is 0 Å². The fourth-order valence-corrected chi connectivity index (χ4v) is 2.99. The normalized spacial score (nSPS) is 31.8. The Balaban J connectivity index is 1.93. The van der Waals surface area contributed by atoms with Gasteiger partial charge in [-0.15, -0.1) is 0 Å². The molecule has 0 aromatic heterocycles. The fourth-order valence-electron chi connectivity index (χ4n) is 2.92. The van der Waals surface area contributed by atoms with Crippen molar-refractivity contribution in [2.45, 2.75) is 51.6 Å². The number of hydrogen-bond acceptors (Lipinski definition) is 2. The first-order chi connectivity index (χ1) is 8.24. The molecule has 1 N–H and O–H groups in total. The first-order valence-corrected chi connectivity index (χ1v) is 7.41. The van der Waals surface area contributed by atoms with Crippen molar-refractivity contribution in [2.24, 2.45) is 5.92 Å². The zero-order chi connectivity index (χ0) is 12.3. The maximum absolute atomic E-state index is 5.81. The minimum Gasteiger partial charge on any atom is -0.311 e. The molecule has 2 aliphatic rings. The van der Waals surface area contributed by atoms with Crippen molar-refractivity contribution in [1.82, 2.24) is 10.2 Å². The van der Waals surface area contributed by atoms with E-state index in [2.05, 4.69) is 24.1 Å². The first kappa shape index (κ1) is 13.4. The van der Waals surface area contributed by atoms with E-state index in [-0.39, 0.29) is 0 Å². The summed E-state index contributed by atoms with van der Waals surface area (Å²) in [6.07, 6.45) is 5.40. The molecule has 1 heterocycles. The van der Waals surface area contributed by atoms with Crippen LogP contribution in [0, 0.1) is 5.92 Å². The monoisotopic (exact) mass is 256 g/mol. The van der Waals surface area contributed by atoms with E-state index in [1.807, 2.05) is 0 Å². The lowest BCUT2D eigenvalue weighted by atomic mass is 10.0. The molecule has 2 unspecified atom stereocenters. The number of rotatable bonds is 5. The van der Waals surface area contributed by atoms with Gasteiger partial charge in [0.25, 0.3) is 0 Å².